The number of nitriles is 1. The summed E-state index contributed by atoms with van der Waals surface area (Å²) in [4.78, 5) is 11.7. The maximum absolute atomic E-state index is 11.7. The summed E-state index contributed by atoms with van der Waals surface area (Å²) in [6.45, 7) is 7.48. The van der Waals surface area contributed by atoms with Crippen molar-refractivity contribution in [2.75, 3.05) is 0 Å². The monoisotopic (exact) mass is 256 g/mol. The van der Waals surface area contributed by atoms with Crippen LogP contribution in [0.3, 0.4) is 0 Å². The maximum Gasteiger partial charge on any atom is 0.246 e. The van der Waals surface area contributed by atoms with Gasteiger partial charge in [-0.05, 0) is 31.0 Å². The highest BCUT2D eigenvalue weighted by atomic mass is 16.1. The van der Waals surface area contributed by atoms with Gasteiger partial charge in [0.15, 0.2) is 0 Å². The molecule has 1 aromatic rings. The lowest BCUT2D eigenvalue weighted by molar-refractivity contribution is -0.118. The van der Waals surface area contributed by atoms with Crippen molar-refractivity contribution in [3.63, 3.8) is 0 Å². The van der Waals surface area contributed by atoms with E-state index in [2.05, 4.69) is 24.9 Å². The Morgan fingerprint density at radius 1 is 1.42 bits per heavy atom. The van der Waals surface area contributed by atoms with Crippen LogP contribution in [0.25, 0.3) is 0 Å². The molecule has 0 aromatic heterocycles. The Kier molecular flexibility index (Phi) is 5.81. The molecule has 0 aliphatic heterocycles. The van der Waals surface area contributed by atoms with Gasteiger partial charge in [0.25, 0.3) is 0 Å². The number of carbonyl (C=O) groups excluding carboxylic acids is 1. The summed E-state index contributed by atoms with van der Waals surface area (Å²) in [7, 11) is 0. The average Bonchev–Trinajstić information content (AvgIpc) is 2.43. The van der Waals surface area contributed by atoms with Crippen LogP contribution in [0.4, 0.5) is 0 Å². The summed E-state index contributed by atoms with van der Waals surface area (Å²) in [6.07, 6.45) is 3.01. The first-order chi connectivity index (χ1) is 9.08. The topological polar surface area (TPSA) is 52.9 Å². The van der Waals surface area contributed by atoms with Gasteiger partial charge in [0, 0.05) is 5.57 Å². The van der Waals surface area contributed by atoms with Gasteiger partial charge in [-0.2, -0.15) is 5.26 Å². The van der Waals surface area contributed by atoms with E-state index in [9.17, 15) is 4.79 Å². The molecule has 3 nitrogen and oxygen atoms in total. The predicted molar refractivity (Wildman–Crippen MR) is 76.4 cm³/mol. The fourth-order valence-electron chi connectivity index (χ4n) is 1.80. The molecule has 1 unspecified atom stereocenters. The van der Waals surface area contributed by atoms with E-state index < -0.39 is 0 Å². The fraction of sp³-hybridized carbons (Fsp3) is 0.375. The number of carbonyl (C=O) groups is 1. The Morgan fingerprint density at radius 2 is 2.05 bits per heavy atom. The molecule has 1 N–H and O–H groups in total. The van der Waals surface area contributed by atoms with E-state index >= 15 is 0 Å². The number of hydrogen-bond donors (Lipinski definition) is 1. The number of nitrogens with one attached hydrogen (secondary N) is 1. The van der Waals surface area contributed by atoms with Crippen molar-refractivity contribution in [2.24, 2.45) is 0 Å². The molecular weight excluding hydrogens is 236 g/mol. The highest BCUT2D eigenvalue weighted by Gasteiger charge is 2.14. The summed E-state index contributed by atoms with van der Waals surface area (Å²) in [5.74, 6) is -0.120. The molecule has 0 spiro atoms. The maximum atomic E-state index is 11.7. The average molecular weight is 256 g/mol. The summed E-state index contributed by atoms with van der Waals surface area (Å²) in [6, 6.07) is 9.44. The van der Waals surface area contributed by atoms with Crippen molar-refractivity contribution >= 4 is 5.91 Å². The minimum Gasteiger partial charge on any atom is -0.346 e. The van der Waals surface area contributed by atoms with Gasteiger partial charge in [0.05, 0.1) is 17.7 Å². The van der Waals surface area contributed by atoms with Crippen molar-refractivity contribution < 1.29 is 4.79 Å². The molecule has 0 bridgehead atoms. The van der Waals surface area contributed by atoms with Crippen LogP contribution < -0.4 is 5.32 Å². The van der Waals surface area contributed by atoms with Crippen molar-refractivity contribution in [3.05, 3.63) is 47.5 Å². The van der Waals surface area contributed by atoms with Gasteiger partial charge < -0.3 is 5.32 Å². The Labute approximate surface area is 114 Å². The molecule has 0 saturated carbocycles. The minimum absolute atomic E-state index is 0.0168. The molecule has 100 valence electrons. The van der Waals surface area contributed by atoms with Crippen LogP contribution >= 0.6 is 0 Å². The van der Waals surface area contributed by atoms with E-state index in [1.54, 1.807) is 19.1 Å². The van der Waals surface area contributed by atoms with Gasteiger partial charge in [-0.25, -0.2) is 0 Å². The second kappa shape index (κ2) is 7.38. The lowest BCUT2D eigenvalue weighted by Gasteiger charge is -2.19. The van der Waals surface area contributed by atoms with E-state index in [0.717, 1.165) is 24.8 Å². The molecular formula is C16H20N2O. The molecule has 0 radical (unpaired) electrons. The first-order valence-electron chi connectivity index (χ1n) is 6.55. The number of benzene rings is 1. The van der Waals surface area contributed by atoms with Crippen molar-refractivity contribution in [2.45, 2.75) is 39.2 Å². The Bertz CT molecular complexity index is 482. The standard InChI is InChI=1S/C16H20N2O/c1-4-5-6-15(18-16(19)12(2)3)14-9-7-13(11-17)8-10-14/h7-10,15H,2,4-6H2,1,3H3,(H,18,19). The number of hydrogen-bond acceptors (Lipinski definition) is 2. The Hall–Kier alpha value is -2.08. The molecule has 19 heavy (non-hydrogen) atoms. The zero-order chi connectivity index (χ0) is 14.3. The van der Waals surface area contributed by atoms with Crippen molar-refractivity contribution in [1.82, 2.24) is 5.32 Å². The number of amides is 1. The quantitative estimate of drug-likeness (QED) is 0.792. The Morgan fingerprint density at radius 3 is 2.53 bits per heavy atom. The third-order valence-electron chi connectivity index (χ3n) is 2.98. The van der Waals surface area contributed by atoms with Crippen LogP contribution in [0.15, 0.2) is 36.4 Å². The molecule has 3 heteroatoms. The van der Waals surface area contributed by atoms with Crippen LogP contribution in [-0.2, 0) is 4.79 Å². The highest BCUT2D eigenvalue weighted by Crippen LogP contribution is 2.20. The molecule has 0 heterocycles. The molecule has 0 aliphatic rings. The largest absolute Gasteiger partial charge is 0.346 e. The minimum atomic E-state index is -0.120. The van der Waals surface area contributed by atoms with Gasteiger partial charge in [0.1, 0.15) is 0 Å². The van der Waals surface area contributed by atoms with Crippen molar-refractivity contribution in [3.8, 4) is 6.07 Å². The van der Waals surface area contributed by atoms with Gasteiger partial charge in [-0.3, -0.25) is 4.79 Å². The Balaban J connectivity index is 2.85. The van der Waals surface area contributed by atoms with Crippen LogP contribution in [0.5, 0.6) is 0 Å². The number of unbranched alkanes of at least 4 members (excludes halogenated alkanes) is 1. The fourth-order valence-corrected chi connectivity index (χ4v) is 1.80. The zero-order valence-corrected chi connectivity index (χ0v) is 11.6. The molecule has 1 amide bonds. The normalized spacial score (nSPS) is 11.4. The molecule has 1 atom stereocenters. The van der Waals surface area contributed by atoms with Gasteiger partial charge >= 0.3 is 0 Å². The van der Waals surface area contributed by atoms with E-state index in [0.29, 0.717) is 11.1 Å². The van der Waals surface area contributed by atoms with Crippen LogP contribution in [0.2, 0.25) is 0 Å². The second-order valence-electron chi connectivity index (χ2n) is 4.68. The van der Waals surface area contributed by atoms with Crippen LogP contribution in [0.1, 0.15) is 50.3 Å². The molecule has 0 fully saturated rings. The van der Waals surface area contributed by atoms with Crippen LogP contribution in [0, 0.1) is 11.3 Å². The molecule has 0 aliphatic carbocycles. The second-order valence-corrected chi connectivity index (χ2v) is 4.68. The van der Waals surface area contributed by atoms with Crippen molar-refractivity contribution in [1.29, 1.82) is 5.26 Å². The molecule has 1 aromatic carbocycles. The first-order valence-corrected chi connectivity index (χ1v) is 6.55. The number of nitrogens with zero attached hydrogens (tertiary/aromatic N) is 1. The van der Waals surface area contributed by atoms with E-state index in [-0.39, 0.29) is 11.9 Å². The third-order valence-corrected chi connectivity index (χ3v) is 2.98. The highest BCUT2D eigenvalue weighted by molar-refractivity contribution is 5.92. The summed E-state index contributed by atoms with van der Waals surface area (Å²) in [5.41, 5.74) is 2.17. The SMILES string of the molecule is C=C(C)C(=O)NC(CCCC)c1ccc(C#N)cc1. The smallest absolute Gasteiger partial charge is 0.246 e. The van der Waals surface area contributed by atoms with Gasteiger partial charge in [-0.1, -0.05) is 38.5 Å². The van der Waals surface area contributed by atoms with E-state index in [1.807, 2.05) is 12.1 Å². The lowest BCUT2D eigenvalue weighted by Crippen LogP contribution is -2.28. The number of rotatable bonds is 6. The predicted octanol–water partition coefficient (Wildman–Crippen LogP) is 3.48. The zero-order valence-electron chi connectivity index (χ0n) is 11.6. The first kappa shape index (κ1) is 15.0. The van der Waals surface area contributed by atoms with E-state index in [4.69, 9.17) is 5.26 Å². The van der Waals surface area contributed by atoms with Gasteiger partial charge in [-0.15, -0.1) is 0 Å². The van der Waals surface area contributed by atoms with Gasteiger partial charge in [0.2, 0.25) is 5.91 Å². The lowest BCUT2D eigenvalue weighted by atomic mass is 9.99. The molecule has 1 rings (SSSR count). The third kappa shape index (κ3) is 4.59. The molecule has 0 saturated heterocycles. The van der Waals surface area contributed by atoms with E-state index in [1.165, 1.54) is 0 Å². The summed E-state index contributed by atoms with van der Waals surface area (Å²) < 4.78 is 0. The summed E-state index contributed by atoms with van der Waals surface area (Å²) in [5, 5.41) is 11.8. The summed E-state index contributed by atoms with van der Waals surface area (Å²) >= 11 is 0. The van der Waals surface area contributed by atoms with Crippen LogP contribution in [-0.4, -0.2) is 5.91 Å².